The zero-order valence-corrected chi connectivity index (χ0v) is 14.0. The minimum absolute atomic E-state index is 0.501. The maximum absolute atomic E-state index is 10.8. The summed E-state index contributed by atoms with van der Waals surface area (Å²) < 4.78 is 1.02. The van der Waals surface area contributed by atoms with Gasteiger partial charge in [-0.05, 0) is 42.7 Å². The fourth-order valence-electron chi connectivity index (χ4n) is 2.19. The molecular formula is C17H21BrN2O. The smallest absolute Gasteiger partial charge is 0.102 e. The van der Waals surface area contributed by atoms with Crippen LogP contribution in [0.5, 0.6) is 0 Å². The molecule has 1 heterocycles. The van der Waals surface area contributed by atoms with Gasteiger partial charge in [0.25, 0.3) is 0 Å². The zero-order valence-electron chi connectivity index (χ0n) is 12.4. The maximum Gasteiger partial charge on any atom is 0.102 e. The van der Waals surface area contributed by atoms with Crippen molar-refractivity contribution in [3.8, 4) is 0 Å². The number of hydrogen-bond donors (Lipinski definition) is 2. The first kappa shape index (κ1) is 16.1. The molecule has 0 radical (unpaired) electrons. The number of aromatic nitrogens is 1. The molecule has 4 heteroatoms. The summed E-state index contributed by atoms with van der Waals surface area (Å²) in [7, 11) is 0. The normalized spacial score (nSPS) is 13.9. The number of halogens is 1. The number of aryl methyl sites for hydroxylation is 1. The van der Waals surface area contributed by atoms with Crippen LogP contribution in [0.15, 0.2) is 47.1 Å². The molecule has 2 rings (SSSR count). The van der Waals surface area contributed by atoms with Gasteiger partial charge in [0.05, 0.1) is 5.69 Å². The molecule has 1 aromatic heterocycles. The third-order valence-electron chi connectivity index (χ3n) is 3.66. The fraction of sp³-hybridized carbons (Fsp3) is 0.353. The molecule has 3 nitrogen and oxygen atoms in total. The molecule has 21 heavy (non-hydrogen) atoms. The molecule has 0 aliphatic heterocycles. The van der Waals surface area contributed by atoms with Crippen LogP contribution in [0.2, 0.25) is 0 Å². The van der Waals surface area contributed by atoms with Gasteiger partial charge in [0.15, 0.2) is 0 Å². The molecule has 0 bridgehead atoms. The summed E-state index contributed by atoms with van der Waals surface area (Å²) in [5.41, 5.74) is 2.21. The van der Waals surface area contributed by atoms with Gasteiger partial charge < -0.3 is 10.4 Å². The molecule has 0 fully saturated rings. The highest BCUT2D eigenvalue weighted by atomic mass is 79.9. The molecule has 112 valence electrons. The number of aliphatic hydroxyl groups is 1. The van der Waals surface area contributed by atoms with Crippen molar-refractivity contribution in [2.24, 2.45) is 0 Å². The molecule has 0 saturated heterocycles. The number of nitrogens with one attached hydrogen (secondary N) is 1. The van der Waals surface area contributed by atoms with Gasteiger partial charge in [-0.3, -0.25) is 4.98 Å². The second-order valence-corrected chi connectivity index (χ2v) is 6.24. The van der Waals surface area contributed by atoms with E-state index in [4.69, 9.17) is 0 Å². The summed E-state index contributed by atoms with van der Waals surface area (Å²) in [6.07, 6.45) is 2.51. The fourth-order valence-corrected chi connectivity index (χ4v) is 2.46. The first-order valence-corrected chi connectivity index (χ1v) is 7.93. The lowest BCUT2D eigenvalue weighted by Gasteiger charge is -2.28. The highest BCUT2D eigenvalue weighted by Gasteiger charge is 2.26. The predicted octanol–water partition coefficient (Wildman–Crippen LogP) is 3.54. The standard InChI is InChI=1S/C17H21BrN2O/c1-3-17(21,14-5-7-15(18)8-6-14)12-19-11-16-9-4-13(2)10-20-16/h4-10,19,21H,3,11-12H2,1-2H3. The second kappa shape index (κ2) is 7.16. The van der Waals surface area contributed by atoms with Gasteiger partial charge in [0.1, 0.15) is 5.60 Å². The van der Waals surface area contributed by atoms with Crippen molar-refractivity contribution in [1.29, 1.82) is 0 Å². The largest absolute Gasteiger partial charge is 0.384 e. The first-order chi connectivity index (χ1) is 10.0. The number of benzene rings is 1. The zero-order chi connectivity index (χ0) is 15.3. The van der Waals surface area contributed by atoms with E-state index >= 15 is 0 Å². The van der Waals surface area contributed by atoms with Crippen molar-refractivity contribution in [1.82, 2.24) is 10.3 Å². The third-order valence-corrected chi connectivity index (χ3v) is 4.19. The van der Waals surface area contributed by atoms with Crippen LogP contribution in [0, 0.1) is 6.92 Å². The van der Waals surface area contributed by atoms with Crippen molar-refractivity contribution < 1.29 is 5.11 Å². The van der Waals surface area contributed by atoms with Crippen LogP contribution in [0.4, 0.5) is 0 Å². The Morgan fingerprint density at radius 2 is 1.90 bits per heavy atom. The molecule has 2 aromatic rings. The van der Waals surface area contributed by atoms with Gasteiger partial charge >= 0.3 is 0 Å². The quantitative estimate of drug-likeness (QED) is 0.839. The van der Waals surface area contributed by atoms with Crippen LogP contribution >= 0.6 is 15.9 Å². The second-order valence-electron chi connectivity index (χ2n) is 5.32. The van der Waals surface area contributed by atoms with E-state index in [0.29, 0.717) is 19.5 Å². The van der Waals surface area contributed by atoms with Crippen LogP contribution < -0.4 is 5.32 Å². The van der Waals surface area contributed by atoms with E-state index in [1.54, 1.807) is 0 Å². The average molecular weight is 349 g/mol. The van der Waals surface area contributed by atoms with Gasteiger partial charge in [-0.15, -0.1) is 0 Å². The maximum atomic E-state index is 10.8. The molecule has 1 unspecified atom stereocenters. The van der Waals surface area contributed by atoms with Crippen molar-refractivity contribution in [3.05, 3.63) is 63.9 Å². The molecule has 0 aliphatic carbocycles. The average Bonchev–Trinajstić information content (AvgIpc) is 2.50. The minimum Gasteiger partial charge on any atom is -0.384 e. The Hall–Kier alpha value is -1.23. The summed E-state index contributed by atoms with van der Waals surface area (Å²) in [4.78, 5) is 4.36. The summed E-state index contributed by atoms with van der Waals surface area (Å²) in [6.45, 7) is 5.17. The van der Waals surface area contributed by atoms with E-state index < -0.39 is 5.60 Å². The molecule has 1 atom stereocenters. The minimum atomic E-state index is -0.856. The Morgan fingerprint density at radius 3 is 2.48 bits per heavy atom. The third kappa shape index (κ3) is 4.37. The summed E-state index contributed by atoms with van der Waals surface area (Å²) in [5.74, 6) is 0. The Kier molecular flexibility index (Phi) is 5.51. The first-order valence-electron chi connectivity index (χ1n) is 7.14. The van der Waals surface area contributed by atoms with Crippen molar-refractivity contribution in [3.63, 3.8) is 0 Å². The monoisotopic (exact) mass is 348 g/mol. The number of pyridine rings is 1. The number of hydrogen-bond acceptors (Lipinski definition) is 3. The van der Waals surface area contributed by atoms with Gasteiger partial charge in [-0.25, -0.2) is 0 Å². The van der Waals surface area contributed by atoms with Gasteiger partial charge in [0, 0.05) is 23.8 Å². The summed E-state index contributed by atoms with van der Waals surface area (Å²) in [5, 5.41) is 14.1. The number of nitrogens with zero attached hydrogens (tertiary/aromatic N) is 1. The molecule has 1 aromatic carbocycles. The molecule has 2 N–H and O–H groups in total. The summed E-state index contributed by atoms with van der Waals surface area (Å²) in [6, 6.07) is 11.9. The van der Waals surface area contributed by atoms with Crippen molar-refractivity contribution in [2.75, 3.05) is 6.54 Å². The van der Waals surface area contributed by atoms with Crippen molar-refractivity contribution >= 4 is 15.9 Å². The van der Waals surface area contributed by atoms with Gasteiger partial charge in [0.2, 0.25) is 0 Å². The highest BCUT2D eigenvalue weighted by Crippen LogP contribution is 2.25. The van der Waals surface area contributed by atoms with Crippen LogP contribution in [-0.2, 0) is 12.1 Å². The van der Waals surface area contributed by atoms with E-state index in [1.165, 1.54) is 0 Å². The van der Waals surface area contributed by atoms with Gasteiger partial charge in [-0.1, -0.05) is 41.1 Å². The Balaban J connectivity index is 1.98. The molecule has 0 aliphatic rings. The lowest BCUT2D eigenvalue weighted by Crippen LogP contribution is -2.37. The van der Waals surface area contributed by atoms with E-state index in [9.17, 15) is 5.11 Å². The molecule has 0 spiro atoms. The SMILES string of the molecule is CCC(O)(CNCc1ccc(C)cn1)c1ccc(Br)cc1. The summed E-state index contributed by atoms with van der Waals surface area (Å²) >= 11 is 3.42. The van der Waals surface area contributed by atoms with Crippen LogP contribution in [-0.4, -0.2) is 16.6 Å². The van der Waals surface area contributed by atoms with E-state index in [1.807, 2.05) is 56.4 Å². The predicted molar refractivity (Wildman–Crippen MR) is 89.0 cm³/mol. The molecule has 0 saturated carbocycles. The van der Waals surface area contributed by atoms with Crippen LogP contribution in [0.3, 0.4) is 0 Å². The van der Waals surface area contributed by atoms with Crippen molar-refractivity contribution in [2.45, 2.75) is 32.4 Å². The Bertz CT molecular complexity index is 568. The van der Waals surface area contributed by atoms with E-state index in [2.05, 4.69) is 26.2 Å². The van der Waals surface area contributed by atoms with Crippen LogP contribution in [0.1, 0.15) is 30.2 Å². The highest BCUT2D eigenvalue weighted by molar-refractivity contribution is 9.10. The van der Waals surface area contributed by atoms with Crippen LogP contribution in [0.25, 0.3) is 0 Å². The Morgan fingerprint density at radius 1 is 1.19 bits per heavy atom. The number of rotatable bonds is 6. The lowest BCUT2D eigenvalue weighted by atomic mass is 9.91. The molecular weight excluding hydrogens is 328 g/mol. The molecule has 0 amide bonds. The van der Waals surface area contributed by atoms with E-state index in [-0.39, 0.29) is 0 Å². The van der Waals surface area contributed by atoms with Gasteiger partial charge in [-0.2, -0.15) is 0 Å². The lowest BCUT2D eigenvalue weighted by molar-refractivity contribution is 0.0323. The Labute approximate surface area is 134 Å². The topological polar surface area (TPSA) is 45.1 Å². The van der Waals surface area contributed by atoms with E-state index in [0.717, 1.165) is 21.3 Å².